The van der Waals surface area contributed by atoms with E-state index in [0.29, 0.717) is 19.0 Å². The van der Waals surface area contributed by atoms with Crippen LogP contribution < -0.4 is 5.32 Å². The Hall–Kier alpha value is -1.46. The maximum Gasteiger partial charge on any atom is 0.256 e. The van der Waals surface area contributed by atoms with Crippen LogP contribution in [-0.4, -0.2) is 48.6 Å². The average Bonchev–Trinajstić information content (AvgIpc) is 2.39. The smallest absolute Gasteiger partial charge is 0.256 e. The molecule has 1 aromatic heterocycles. The molecular weight excluding hydrogens is 230 g/mol. The number of hydrogen-bond acceptors (Lipinski definition) is 4. The molecule has 0 saturated carbocycles. The lowest BCUT2D eigenvalue weighted by Gasteiger charge is -2.29. The molecule has 1 fully saturated rings. The second-order valence-corrected chi connectivity index (χ2v) is 4.48. The van der Waals surface area contributed by atoms with Gasteiger partial charge in [-0.25, -0.2) is 4.98 Å². The molecule has 18 heavy (non-hydrogen) atoms. The lowest BCUT2D eigenvalue weighted by molar-refractivity contribution is -0.132. The van der Waals surface area contributed by atoms with Crippen LogP contribution in [0.4, 0.5) is 5.82 Å². The first-order chi connectivity index (χ1) is 8.70. The van der Waals surface area contributed by atoms with E-state index in [1.54, 1.807) is 6.20 Å². The third-order valence-electron chi connectivity index (χ3n) is 3.08. The third kappa shape index (κ3) is 3.05. The van der Waals surface area contributed by atoms with E-state index in [-0.39, 0.29) is 5.91 Å². The van der Waals surface area contributed by atoms with Crippen molar-refractivity contribution in [2.24, 2.45) is 0 Å². The Morgan fingerprint density at radius 2 is 2.50 bits per heavy atom. The first-order valence-corrected chi connectivity index (χ1v) is 6.25. The van der Waals surface area contributed by atoms with Crippen molar-refractivity contribution in [1.82, 2.24) is 9.88 Å². The monoisotopic (exact) mass is 249 g/mol. The zero-order valence-corrected chi connectivity index (χ0v) is 10.8. The Labute approximate surface area is 107 Å². The minimum Gasteiger partial charge on any atom is -0.366 e. The van der Waals surface area contributed by atoms with Gasteiger partial charge in [-0.2, -0.15) is 0 Å². The Bertz CT molecular complexity index is 422. The molecule has 2 rings (SSSR count). The number of carbonyl (C=O) groups is 1. The molecular formula is C13H19N3O2. The number of pyridine rings is 1. The van der Waals surface area contributed by atoms with Crippen molar-refractivity contribution in [3.8, 4) is 0 Å². The Morgan fingerprint density at radius 1 is 1.67 bits per heavy atom. The SMILES string of the molecule is CCc1cccnc1NC(=O)C1CN(C)CCO1. The van der Waals surface area contributed by atoms with Gasteiger partial charge in [-0.1, -0.05) is 13.0 Å². The molecule has 1 N–H and O–H groups in total. The van der Waals surface area contributed by atoms with Crippen molar-refractivity contribution in [3.63, 3.8) is 0 Å². The molecule has 2 heterocycles. The number of ether oxygens (including phenoxy) is 1. The topological polar surface area (TPSA) is 54.5 Å². The fraction of sp³-hybridized carbons (Fsp3) is 0.538. The molecule has 1 aliphatic heterocycles. The summed E-state index contributed by atoms with van der Waals surface area (Å²) in [6.45, 7) is 4.13. The summed E-state index contributed by atoms with van der Waals surface area (Å²) >= 11 is 0. The van der Waals surface area contributed by atoms with Gasteiger partial charge >= 0.3 is 0 Å². The maximum atomic E-state index is 12.1. The van der Waals surface area contributed by atoms with Crippen LogP contribution in [0.25, 0.3) is 0 Å². The molecule has 0 spiro atoms. The van der Waals surface area contributed by atoms with Crippen LogP contribution in [0.1, 0.15) is 12.5 Å². The summed E-state index contributed by atoms with van der Waals surface area (Å²) in [6.07, 6.45) is 2.12. The molecule has 98 valence electrons. The molecule has 0 radical (unpaired) electrons. The van der Waals surface area contributed by atoms with Gasteiger partial charge in [0.2, 0.25) is 0 Å². The van der Waals surface area contributed by atoms with Crippen LogP contribution in [-0.2, 0) is 16.0 Å². The second kappa shape index (κ2) is 5.93. The highest BCUT2D eigenvalue weighted by Gasteiger charge is 2.25. The van der Waals surface area contributed by atoms with E-state index in [1.807, 2.05) is 26.1 Å². The molecule has 0 bridgehead atoms. The quantitative estimate of drug-likeness (QED) is 0.865. The first kappa shape index (κ1) is 13.0. The van der Waals surface area contributed by atoms with Crippen LogP contribution in [0.15, 0.2) is 18.3 Å². The Kier molecular flexibility index (Phi) is 4.28. The molecule has 1 saturated heterocycles. The fourth-order valence-corrected chi connectivity index (χ4v) is 1.97. The molecule has 1 amide bonds. The summed E-state index contributed by atoms with van der Waals surface area (Å²) in [5.74, 6) is 0.525. The average molecular weight is 249 g/mol. The Morgan fingerprint density at radius 3 is 3.22 bits per heavy atom. The number of hydrogen-bond donors (Lipinski definition) is 1. The normalized spacial score (nSPS) is 20.7. The summed E-state index contributed by atoms with van der Waals surface area (Å²) in [7, 11) is 1.99. The molecule has 0 aliphatic carbocycles. The zero-order valence-electron chi connectivity index (χ0n) is 10.8. The van der Waals surface area contributed by atoms with Gasteiger partial charge < -0.3 is 15.0 Å². The van der Waals surface area contributed by atoms with E-state index in [4.69, 9.17) is 4.74 Å². The van der Waals surface area contributed by atoms with Gasteiger partial charge in [0.25, 0.3) is 5.91 Å². The lowest BCUT2D eigenvalue weighted by atomic mass is 10.2. The minimum atomic E-state index is -0.407. The number of aryl methyl sites for hydroxylation is 1. The van der Waals surface area contributed by atoms with Crippen molar-refractivity contribution in [1.29, 1.82) is 0 Å². The highest BCUT2D eigenvalue weighted by atomic mass is 16.5. The van der Waals surface area contributed by atoms with Gasteiger partial charge in [0.1, 0.15) is 11.9 Å². The fourth-order valence-electron chi connectivity index (χ4n) is 1.97. The van der Waals surface area contributed by atoms with Crippen LogP contribution >= 0.6 is 0 Å². The van der Waals surface area contributed by atoms with E-state index in [9.17, 15) is 4.79 Å². The van der Waals surface area contributed by atoms with Gasteiger partial charge in [-0.05, 0) is 25.1 Å². The number of nitrogens with one attached hydrogen (secondary N) is 1. The van der Waals surface area contributed by atoms with Crippen molar-refractivity contribution >= 4 is 11.7 Å². The predicted molar refractivity (Wildman–Crippen MR) is 69.5 cm³/mol. The van der Waals surface area contributed by atoms with Crippen LogP contribution in [0, 0.1) is 0 Å². The number of amides is 1. The van der Waals surface area contributed by atoms with E-state index in [2.05, 4.69) is 15.2 Å². The molecule has 1 atom stereocenters. The maximum absolute atomic E-state index is 12.1. The van der Waals surface area contributed by atoms with Crippen molar-refractivity contribution in [2.75, 3.05) is 32.1 Å². The highest BCUT2D eigenvalue weighted by Crippen LogP contribution is 2.13. The van der Waals surface area contributed by atoms with E-state index in [1.165, 1.54) is 0 Å². The van der Waals surface area contributed by atoms with Gasteiger partial charge in [-0.15, -0.1) is 0 Å². The number of morpholine rings is 1. The van der Waals surface area contributed by atoms with Gasteiger partial charge in [-0.3, -0.25) is 4.79 Å². The molecule has 1 aliphatic rings. The number of rotatable bonds is 3. The lowest BCUT2D eigenvalue weighted by Crippen LogP contribution is -2.46. The van der Waals surface area contributed by atoms with Crippen LogP contribution in [0.3, 0.4) is 0 Å². The Balaban J connectivity index is 2.02. The van der Waals surface area contributed by atoms with E-state index >= 15 is 0 Å². The standard InChI is InChI=1S/C13H19N3O2/c1-3-10-5-4-6-14-12(10)15-13(17)11-9-16(2)7-8-18-11/h4-6,11H,3,7-9H2,1-2H3,(H,14,15,17). The third-order valence-corrected chi connectivity index (χ3v) is 3.08. The van der Waals surface area contributed by atoms with Crippen LogP contribution in [0.5, 0.6) is 0 Å². The molecule has 0 aromatic carbocycles. The second-order valence-electron chi connectivity index (χ2n) is 4.48. The number of nitrogens with zero attached hydrogens (tertiary/aromatic N) is 2. The molecule has 5 heteroatoms. The van der Waals surface area contributed by atoms with Gasteiger partial charge in [0, 0.05) is 19.3 Å². The van der Waals surface area contributed by atoms with E-state index < -0.39 is 6.10 Å². The number of aromatic nitrogens is 1. The largest absolute Gasteiger partial charge is 0.366 e. The molecule has 1 unspecified atom stereocenters. The summed E-state index contributed by atoms with van der Waals surface area (Å²) in [4.78, 5) is 18.4. The summed E-state index contributed by atoms with van der Waals surface area (Å²) in [5, 5.41) is 2.85. The molecule has 5 nitrogen and oxygen atoms in total. The van der Waals surface area contributed by atoms with Crippen molar-refractivity contribution in [3.05, 3.63) is 23.9 Å². The van der Waals surface area contributed by atoms with Gasteiger partial charge in [0.05, 0.1) is 6.61 Å². The number of anilines is 1. The van der Waals surface area contributed by atoms with Crippen molar-refractivity contribution < 1.29 is 9.53 Å². The first-order valence-electron chi connectivity index (χ1n) is 6.25. The van der Waals surface area contributed by atoms with Gasteiger partial charge in [0.15, 0.2) is 0 Å². The van der Waals surface area contributed by atoms with E-state index in [0.717, 1.165) is 18.5 Å². The summed E-state index contributed by atoms with van der Waals surface area (Å²) in [5.41, 5.74) is 1.04. The number of carbonyl (C=O) groups excluding carboxylic acids is 1. The van der Waals surface area contributed by atoms with Crippen molar-refractivity contribution in [2.45, 2.75) is 19.4 Å². The van der Waals surface area contributed by atoms with Crippen LogP contribution in [0.2, 0.25) is 0 Å². The minimum absolute atomic E-state index is 0.116. The highest BCUT2D eigenvalue weighted by molar-refractivity contribution is 5.94. The number of likely N-dealkylation sites (N-methyl/N-ethyl adjacent to an activating group) is 1. The summed E-state index contributed by atoms with van der Waals surface area (Å²) in [6, 6.07) is 3.84. The zero-order chi connectivity index (χ0) is 13.0. The predicted octanol–water partition coefficient (Wildman–Crippen LogP) is 0.913. The summed E-state index contributed by atoms with van der Waals surface area (Å²) < 4.78 is 5.47. The molecule has 1 aromatic rings.